The molecular weight excluding hydrogens is 689 g/mol. The molecule has 2 atom stereocenters. The van der Waals surface area contributed by atoms with Crippen LogP contribution in [-0.2, 0) is 21.4 Å². The number of benzene rings is 2. The monoisotopic (exact) mass is 727 g/mol. The number of alkyl halides is 2. The number of nitrogens with one attached hydrogen (secondary N) is 1. The summed E-state index contributed by atoms with van der Waals surface area (Å²) in [6, 6.07) is 20.9. The second-order valence-electron chi connectivity index (χ2n) is 15.5. The van der Waals surface area contributed by atoms with Crippen LogP contribution in [0.3, 0.4) is 0 Å². The summed E-state index contributed by atoms with van der Waals surface area (Å²) in [5, 5.41) is 13.3. The first-order chi connectivity index (χ1) is 25.1. The maximum atomic E-state index is 14.0. The van der Waals surface area contributed by atoms with E-state index in [1.54, 1.807) is 16.8 Å². The first-order valence-corrected chi connectivity index (χ1v) is 19.8. The first-order valence-electron chi connectivity index (χ1n) is 18.1. The molecule has 1 N–H and O–H groups in total. The number of rotatable bonds is 11. The zero-order chi connectivity index (χ0) is 35.3. The van der Waals surface area contributed by atoms with Crippen LogP contribution in [0.15, 0.2) is 77.3 Å². The Morgan fingerprint density at radius 1 is 0.865 bits per heavy atom. The summed E-state index contributed by atoms with van der Waals surface area (Å²) in [5.74, 6) is -2.65. The highest BCUT2D eigenvalue weighted by Gasteiger charge is 2.71. The molecule has 3 aromatic heterocycles. The van der Waals surface area contributed by atoms with Crippen LogP contribution in [0, 0.1) is 17.3 Å². The van der Waals surface area contributed by atoms with Gasteiger partial charge in [-0.05, 0) is 85.9 Å². The molecule has 10 rings (SSSR count). The van der Waals surface area contributed by atoms with Gasteiger partial charge >= 0.3 is 0 Å². The van der Waals surface area contributed by atoms with Crippen molar-refractivity contribution in [3.8, 4) is 22.9 Å². The average molecular weight is 728 g/mol. The van der Waals surface area contributed by atoms with Crippen molar-refractivity contribution in [1.29, 1.82) is 0 Å². The highest BCUT2D eigenvalue weighted by Crippen LogP contribution is 2.60. The highest BCUT2D eigenvalue weighted by molar-refractivity contribution is 7.92. The minimum atomic E-state index is -3.73. The molecule has 1 spiro atoms. The number of halogens is 2. The van der Waals surface area contributed by atoms with Gasteiger partial charge in [0.15, 0.2) is 0 Å². The Hall–Kier alpha value is -4.56. The van der Waals surface area contributed by atoms with Crippen LogP contribution in [0.2, 0.25) is 0 Å². The molecule has 2 saturated heterocycles. The molecular formula is C38H39F2N7O4S. The van der Waals surface area contributed by atoms with Gasteiger partial charge in [0.2, 0.25) is 21.8 Å². The van der Waals surface area contributed by atoms with E-state index in [0.717, 1.165) is 42.7 Å². The molecule has 2 unspecified atom stereocenters. The van der Waals surface area contributed by atoms with E-state index in [0.29, 0.717) is 59.3 Å². The lowest BCUT2D eigenvalue weighted by Crippen LogP contribution is -2.35. The molecule has 2 aliphatic heterocycles. The summed E-state index contributed by atoms with van der Waals surface area (Å²) in [7, 11) is -3.73. The Kier molecular flexibility index (Phi) is 7.08. The summed E-state index contributed by atoms with van der Waals surface area (Å²) in [6.07, 6.45) is 7.77. The molecule has 5 heterocycles. The van der Waals surface area contributed by atoms with Crippen molar-refractivity contribution in [2.75, 3.05) is 46.5 Å². The molecule has 2 aromatic carbocycles. The summed E-state index contributed by atoms with van der Waals surface area (Å²) in [4.78, 5) is 4.24. The number of hydrogen-bond donors (Lipinski definition) is 1. The minimum Gasteiger partial charge on any atom is -0.416 e. The van der Waals surface area contributed by atoms with E-state index < -0.39 is 33.4 Å². The largest absolute Gasteiger partial charge is 0.416 e. The van der Waals surface area contributed by atoms with Crippen molar-refractivity contribution < 1.29 is 26.4 Å². The number of ether oxygens (including phenoxy) is 1. The fourth-order valence-electron chi connectivity index (χ4n) is 8.29. The van der Waals surface area contributed by atoms with Gasteiger partial charge in [-0.3, -0.25) is 4.72 Å². The van der Waals surface area contributed by atoms with Crippen LogP contribution in [0.4, 0.5) is 26.0 Å². The van der Waals surface area contributed by atoms with Crippen molar-refractivity contribution in [1.82, 2.24) is 19.8 Å². The zero-order valence-corrected chi connectivity index (χ0v) is 29.4. The molecule has 270 valence electrons. The number of fused-ring (bicyclic) bond motifs is 2. The second kappa shape index (κ2) is 11.5. The Morgan fingerprint density at radius 3 is 2.35 bits per heavy atom. The van der Waals surface area contributed by atoms with Gasteiger partial charge in [0.25, 0.3) is 5.92 Å². The van der Waals surface area contributed by atoms with E-state index in [-0.39, 0.29) is 18.8 Å². The van der Waals surface area contributed by atoms with Crippen LogP contribution >= 0.6 is 0 Å². The van der Waals surface area contributed by atoms with Gasteiger partial charge in [-0.1, -0.05) is 30.3 Å². The van der Waals surface area contributed by atoms with Crippen LogP contribution in [0.1, 0.15) is 44.1 Å². The number of sulfonamides is 1. The van der Waals surface area contributed by atoms with Gasteiger partial charge in [0.05, 0.1) is 58.4 Å². The average Bonchev–Trinajstić information content (AvgIpc) is 3.93. The van der Waals surface area contributed by atoms with Crippen LogP contribution in [0.25, 0.3) is 28.4 Å². The van der Waals surface area contributed by atoms with Crippen molar-refractivity contribution >= 4 is 32.7 Å². The topological polar surface area (TPSA) is 118 Å². The van der Waals surface area contributed by atoms with Crippen molar-refractivity contribution in [2.45, 2.75) is 56.7 Å². The standard InChI is InChI=1S/C38H39F2N7O4S/c39-38(40)30-21-46(22-31(30)38)33-19-26(18-28-8-15-41-47(28)33)34-42-43-35(51-34)29-7-6-27(20-32(29)45-16-13-36(9-10-36)14-17-45)44-52(48,49)24-37(11-12-37)50-23-25-4-2-1-3-5-25/h1-8,15,18-20,30-31,44H,9-14,16-17,21-24H2. The van der Waals surface area contributed by atoms with Crippen LogP contribution in [0.5, 0.6) is 0 Å². The predicted molar refractivity (Wildman–Crippen MR) is 192 cm³/mol. The van der Waals surface area contributed by atoms with E-state index in [2.05, 4.69) is 24.9 Å². The molecule has 5 aromatic rings. The third-order valence-corrected chi connectivity index (χ3v) is 13.4. The Labute approximate surface area is 300 Å². The molecule has 14 heteroatoms. The lowest BCUT2D eigenvalue weighted by atomic mass is 9.93. The number of nitrogens with zero attached hydrogens (tertiary/aromatic N) is 6. The zero-order valence-electron chi connectivity index (χ0n) is 28.5. The predicted octanol–water partition coefficient (Wildman–Crippen LogP) is 6.62. The molecule has 5 fully saturated rings. The van der Waals surface area contributed by atoms with Crippen LogP contribution < -0.4 is 14.5 Å². The maximum absolute atomic E-state index is 14.0. The summed E-state index contributed by atoms with van der Waals surface area (Å²) in [6.45, 7) is 2.60. The fourth-order valence-corrected chi connectivity index (χ4v) is 9.91. The highest BCUT2D eigenvalue weighted by atomic mass is 32.2. The van der Waals surface area contributed by atoms with E-state index in [1.165, 1.54) is 12.8 Å². The minimum absolute atomic E-state index is 0.117. The fraction of sp³-hybridized carbons (Fsp3) is 0.447. The molecule has 0 amide bonds. The number of aromatic nitrogens is 4. The van der Waals surface area contributed by atoms with Gasteiger partial charge in [0.1, 0.15) is 5.82 Å². The van der Waals surface area contributed by atoms with Gasteiger partial charge in [-0.15, -0.1) is 10.2 Å². The van der Waals surface area contributed by atoms with Crippen molar-refractivity contribution in [3.63, 3.8) is 0 Å². The Balaban J connectivity index is 0.922. The first kappa shape index (κ1) is 32.1. The second-order valence-corrected chi connectivity index (χ2v) is 17.2. The maximum Gasteiger partial charge on any atom is 0.258 e. The molecule has 0 radical (unpaired) electrons. The Bertz CT molecular complexity index is 2260. The van der Waals surface area contributed by atoms with E-state index in [4.69, 9.17) is 9.15 Å². The molecule has 5 aliphatic rings. The van der Waals surface area contributed by atoms with Gasteiger partial charge < -0.3 is 19.0 Å². The number of piperidine rings is 2. The van der Waals surface area contributed by atoms with Gasteiger partial charge in [-0.2, -0.15) is 5.10 Å². The van der Waals surface area contributed by atoms with Gasteiger partial charge in [0, 0.05) is 31.7 Å². The molecule has 0 bridgehead atoms. The lowest BCUT2D eigenvalue weighted by molar-refractivity contribution is 0.0358. The number of hydrogen-bond acceptors (Lipinski definition) is 9. The SMILES string of the molecule is O=S(=O)(CC1(OCc2ccccc2)CC1)Nc1ccc(-c2nnc(-c3cc(N4CC5C(C4)C5(F)F)n4nccc4c3)o2)c(N2CCC3(CC2)CC3)c1. The molecule has 3 saturated carbocycles. The van der Waals surface area contributed by atoms with Gasteiger partial charge in [-0.25, -0.2) is 21.7 Å². The summed E-state index contributed by atoms with van der Waals surface area (Å²) >= 11 is 0. The summed E-state index contributed by atoms with van der Waals surface area (Å²) in [5.41, 5.74) is 4.24. The summed E-state index contributed by atoms with van der Waals surface area (Å²) < 4.78 is 72.2. The van der Waals surface area contributed by atoms with Crippen molar-refractivity contribution in [3.05, 3.63) is 78.5 Å². The van der Waals surface area contributed by atoms with E-state index in [1.807, 2.05) is 65.6 Å². The third kappa shape index (κ3) is 5.80. The smallest absolute Gasteiger partial charge is 0.258 e. The van der Waals surface area contributed by atoms with Crippen LogP contribution in [-0.4, -0.2) is 71.7 Å². The molecule has 3 aliphatic carbocycles. The Morgan fingerprint density at radius 2 is 1.62 bits per heavy atom. The third-order valence-electron chi connectivity index (χ3n) is 11.9. The lowest BCUT2D eigenvalue weighted by Gasteiger charge is -2.35. The normalized spacial score (nSPS) is 23.6. The van der Waals surface area contributed by atoms with E-state index in [9.17, 15) is 17.2 Å². The van der Waals surface area contributed by atoms with Crippen molar-refractivity contribution in [2.24, 2.45) is 17.3 Å². The van der Waals surface area contributed by atoms with E-state index >= 15 is 0 Å². The number of anilines is 3. The number of pyridine rings is 1. The molecule has 52 heavy (non-hydrogen) atoms. The quantitative estimate of drug-likeness (QED) is 0.160. The molecule has 11 nitrogen and oxygen atoms in total.